The van der Waals surface area contributed by atoms with Gasteiger partial charge in [0.25, 0.3) is 0 Å². The molecule has 0 aliphatic carbocycles. The summed E-state index contributed by atoms with van der Waals surface area (Å²) in [4.78, 5) is 11.4. The Balaban J connectivity index is 4.10. The molecule has 1 amide bonds. The molecule has 0 heterocycles. The van der Waals surface area contributed by atoms with Crippen molar-refractivity contribution < 1.29 is 9.90 Å². The molecule has 15 heavy (non-hydrogen) atoms. The standard InChI is InChI=1S/C11H24N2O2/c1-8(2)6-11(5,15)7-13-9(14)10(3,4)12/h8,15H,6-7,12H2,1-5H3,(H,13,14). The van der Waals surface area contributed by atoms with E-state index >= 15 is 0 Å². The second kappa shape index (κ2) is 4.94. The van der Waals surface area contributed by atoms with Gasteiger partial charge in [-0.3, -0.25) is 4.79 Å². The van der Waals surface area contributed by atoms with Gasteiger partial charge in [-0.2, -0.15) is 0 Å². The Bertz CT molecular complexity index is 217. The molecule has 0 fully saturated rings. The number of amides is 1. The van der Waals surface area contributed by atoms with Gasteiger partial charge in [-0.15, -0.1) is 0 Å². The van der Waals surface area contributed by atoms with E-state index in [1.54, 1.807) is 20.8 Å². The first-order valence-electron chi connectivity index (χ1n) is 5.34. The minimum atomic E-state index is -0.895. The summed E-state index contributed by atoms with van der Waals surface area (Å²) < 4.78 is 0. The van der Waals surface area contributed by atoms with E-state index in [4.69, 9.17) is 5.73 Å². The SMILES string of the molecule is CC(C)CC(C)(O)CNC(=O)C(C)(C)N. The van der Waals surface area contributed by atoms with Crippen molar-refractivity contribution in [1.29, 1.82) is 0 Å². The molecule has 1 unspecified atom stereocenters. The molecular formula is C11H24N2O2. The van der Waals surface area contributed by atoms with Gasteiger partial charge in [0, 0.05) is 6.54 Å². The highest BCUT2D eigenvalue weighted by Gasteiger charge is 2.26. The van der Waals surface area contributed by atoms with E-state index in [0.717, 1.165) is 0 Å². The van der Waals surface area contributed by atoms with Crippen molar-refractivity contribution in [2.75, 3.05) is 6.54 Å². The predicted octanol–water partition coefficient (Wildman–Crippen LogP) is 0.637. The topological polar surface area (TPSA) is 75.3 Å². The summed E-state index contributed by atoms with van der Waals surface area (Å²) in [5.41, 5.74) is 3.85. The zero-order chi connectivity index (χ0) is 12.3. The van der Waals surface area contributed by atoms with Crippen LogP contribution >= 0.6 is 0 Å². The van der Waals surface area contributed by atoms with Crippen LogP contribution in [0.4, 0.5) is 0 Å². The van der Waals surface area contributed by atoms with Gasteiger partial charge in [0.1, 0.15) is 0 Å². The predicted molar refractivity (Wildman–Crippen MR) is 61.4 cm³/mol. The Morgan fingerprint density at radius 3 is 2.20 bits per heavy atom. The number of hydrogen-bond donors (Lipinski definition) is 3. The molecule has 1 atom stereocenters. The van der Waals surface area contributed by atoms with Gasteiger partial charge in [0.2, 0.25) is 5.91 Å². The first kappa shape index (κ1) is 14.4. The molecule has 0 aromatic heterocycles. The van der Waals surface area contributed by atoms with Crippen LogP contribution in [-0.2, 0) is 4.79 Å². The van der Waals surface area contributed by atoms with E-state index in [1.165, 1.54) is 0 Å². The van der Waals surface area contributed by atoms with Gasteiger partial charge >= 0.3 is 0 Å². The normalized spacial score (nSPS) is 16.3. The Labute approximate surface area is 92.2 Å². The maximum Gasteiger partial charge on any atom is 0.239 e. The molecule has 0 rings (SSSR count). The zero-order valence-electron chi connectivity index (χ0n) is 10.4. The molecule has 4 N–H and O–H groups in total. The van der Waals surface area contributed by atoms with E-state index in [9.17, 15) is 9.90 Å². The smallest absolute Gasteiger partial charge is 0.239 e. The maximum atomic E-state index is 11.4. The van der Waals surface area contributed by atoms with Crippen LogP contribution in [0.25, 0.3) is 0 Å². The molecule has 4 nitrogen and oxygen atoms in total. The molecule has 0 aliphatic rings. The summed E-state index contributed by atoms with van der Waals surface area (Å²) in [5, 5.41) is 12.6. The van der Waals surface area contributed by atoms with Gasteiger partial charge in [0.15, 0.2) is 0 Å². The number of carbonyl (C=O) groups excluding carboxylic acids is 1. The lowest BCUT2D eigenvalue weighted by Gasteiger charge is -2.27. The molecule has 0 spiro atoms. The Hall–Kier alpha value is -0.610. The van der Waals surface area contributed by atoms with Crippen molar-refractivity contribution in [3.63, 3.8) is 0 Å². The molecule has 0 saturated carbocycles. The second-order valence-electron chi connectivity index (χ2n) is 5.50. The third-order valence-electron chi connectivity index (χ3n) is 2.06. The molecular weight excluding hydrogens is 192 g/mol. The van der Waals surface area contributed by atoms with Gasteiger partial charge in [-0.1, -0.05) is 13.8 Å². The lowest BCUT2D eigenvalue weighted by molar-refractivity contribution is -0.126. The van der Waals surface area contributed by atoms with Crippen LogP contribution in [0.15, 0.2) is 0 Å². The Morgan fingerprint density at radius 2 is 1.87 bits per heavy atom. The number of nitrogens with two attached hydrogens (primary N) is 1. The number of nitrogens with one attached hydrogen (secondary N) is 1. The molecule has 0 saturated heterocycles. The zero-order valence-corrected chi connectivity index (χ0v) is 10.4. The first-order chi connectivity index (χ1) is 6.54. The molecule has 90 valence electrons. The Kier molecular flexibility index (Phi) is 4.74. The highest BCUT2D eigenvalue weighted by Crippen LogP contribution is 2.15. The highest BCUT2D eigenvalue weighted by atomic mass is 16.3. The average Bonchev–Trinajstić information content (AvgIpc) is 1.95. The molecule has 0 radical (unpaired) electrons. The second-order valence-corrected chi connectivity index (χ2v) is 5.50. The van der Waals surface area contributed by atoms with Gasteiger partial charge in [-0.05, 0) is 33.1 Å². The molecule has 0 bridgehead atoms. The minimum absolute atomic E-state index is 0.241. The molecule has 4 heteroatoms. The quantitative estimate of drug-likeness (QED) is 0.631. The average molecular weight is 216 g/mol. The first-order valence-corrected chi connectivity index (χ1v) is 5.34. The fourth-order valence-corrected chi connectivity index (χ4v) is 1.45. The lowest BCUT2D eigenvalue weighted by Crippen LogP contribution is -2.52. The summed E-state index contributed by atoms with van der Waals surface area (Å²) in [6, 6.07) is 0. The van der Waals surface area contributed by atoms with Crippen molar-refractivity contribution in [3.05, 3.63) is 0 Å². The summed E-state index contributed by atoms with van der Waals surface area (Å²) in [5.74, 6) is 0.148. The maximum absolute atomic E-state index is 11.4. The highest BCUT2D eigenvalue weighted by molar-refractivity contribution is 5.85. The van der Waals surface area contributed by atoms with Gasteiger partial charge in [0.05, 0.1) is 11.1 Å². The van der Waals surface area contributed by atoms with Crippen LogP contribution in [0, 0.1) is 5.92 Å². The van der Waals surface area contributed by atoms with Crippen LogP contribution in [0.3, 0.4) is 0 Å². The third-order valence-corrected chi connectivity index (χ3v) is 2.06. The van der Waals surface area contributed by atoms with E-state index < -0.39 is 11.1 Å². The number of carbonyl (C=O) groups is 1. The van der Waals surface area contributed by atoms with Gasteiger partial charge in [-0.25, -0.2) is 0 Å². The summed E-state index contributed by atoms with van der Waals surface area (Å²) in [6.45, 7) is 9.30. The fourth-order valence-electron chi connectivity index (χ4n) is 1.45. The van der Waals surface area contributed by atoms with Crippen LogP contribution < -0.4 is 11.1 Å². The van der Waals surface area contributed by atoms with Crippen LogP contribution in [0.5, 0.6) is 0 Å². The van der Waals surface area contributed by atoms with Crippen LogP contribution in [0.2, 0.25) is 0 Å². The van der Waals surface area contributed by atoms with Crippen molar-refractivity contribution >= 4 is 5.91 Å². The number of hydrogen-bond acceptors (Lipinski definition) is 3. The Morgan fingerprint density at radius 1 is 1.40 bits per heavy atom. The van der Waals surface area contributed by atoms with E-state index in [0.29, 0.717) is 12.3 Å². The largest absolute Gasteiger partial charge is 0.388 e. The lowest BCUT2D eigenvalue weighted by atomic mass is 9.94. The third kappa shape index (κ3) is 6.47. The summed E-state index contributed by atoms with van der Waals surface area (Å²) >= 11 is 0. The van der Waals surface area contributed by atoms with Crippen molar-refractivity contribution in [1.82, 2.24) is 5.32 Å². The summed E-state index contributed by atoms with van der Waals surface area (Å²) in [7, 11) is 0. The minimum Gasteiger partial charge on any atom is -0.388 e. The van der Waals surface area contributed by atoms with Crippen LogP contribution in [0.1, 0.15) is 41.0 Å². The number of rotatable bonds is 5. The van der Waals surface area contributed by atoms with E-state index in [-0.39, 0.29) is 12.5 Å². The van der Waals surface area contributed by atoms with Crippen LogP contribution in [-0.4, -0.2) is 28.7 Å². The van der Waals surface area contributed by atoms with Crippen molar-refractivity contribution in [2.45, 2.75) is 52.2 Å². The number of aliphatic hydroxyl groups is 1. The molecule has 0 aromatic carbocycles. The molecule has 0 aliphatic heterocycles. The van der Waals surface area contributed by atoms with Gasteiger partial charge < -0.3 is 16.2 Å². The van der Waals surface area contributed by atoms with E-state index in [2.05, 4.69) is 5.32 Å². The summed E-state index contributed by atoms with van der Waals surface area (Å²) in [6.07, 6.45) is 0.651. The van der Waals surface area contributed by atoms with E-state index in [1.807, 2.05) is 13.8 Å². The van der Waals surface area contributed by atoms with Crippen molar-refractivity contribution in [3.8, 4) is 0 Å². The monoisotopic (exact) mass is 216 g/mol. The molecule has 0 aromatic rings. The van der Waals surface area contributed by atoms with Crippen molar-refractivity contribution in [2.24, 2.45) is 11.7 Å². The fraction of sp³-hybridized carbons (Fsp3) is 0.909.